The molecule has 0 unspecified atom stereocenters. The Morgan fingerprint density at radius 2 is 1.92 bits per heavy atom. The maximum atomic E-state index is 10.7. The molecule has 4 nitrogen and oxygen atoms in total. The number of carbonyl (C=O) groups is 1. The van der Waals surface area contributed by atoms with Gasteiger partial charge in [-0.05, 0) is 31.7 Å². The largest absolute Gasteiger partial charge is 0.351 e. The first-order valence-electron chi connectivity index (χ1n) is 4.48. The third-order valence-electron chi connectivity index (χ3n) is 2.50. The van der Waals surface area contributed by atoms with E-state index in [9.17, 15) is 4.79 Å². The van der Waals surface area contributed by atoms with Crippen LogP contribution in [0.25, 0.3) is 0 Å². The van der Waals surface area contributed by atoms with E-state index < -0.39 is 0 Å². The number of urea groups is 1. The molecule has 1 heterocycles. The molecule has 2 amide bonds. The van der Waals surface area contributed by atoms with E-state index in [1.54, 1.807) is 4.90 Å². The molecule has 0 atom stereocenters. The van der Waals surface area contributed by atoms with Crippen molar-refractivity contribution in [3.05, 3.63) is 0 Å². The molecule has 0 aliphatic carbocycles. The molecular formula is C8H18ClN3O. The monoisotopic (exact) mass is 207 g/mol. The van der Waals surface area contributed by atoms with Crippen LogP contribution < -0.4 is 11.5 Å². The van der Waals surface area contributed by atoms with Gasteiger partial charge in [0.2, 0.25) is 0 Å². The first-order chi connectivity index (χ1) is 5.74. The van der Waals surface area contributed by atoms with E-state index in [-0.39, 0.29) is 18.4 Å². The van der Waals surface area contributed by atoms with E-state index >= 15 is 0 Å². The van der Waals surface area contributed by atoms with Crippen LogP contribution in [0.2, 0.25) is 0 Å². The number of likely N-dealkylation sites (tertiary alicyclic amines) is 1. The number of nitrogens with zero attached hydrogens (tertiary/aromatic N) is 1. The summed E-state index contributed by atoms with van der Waals surface area (Å²) in [6.45, 7) is 2.36. The number of amides is 2. The number of hydrogen-bond donors (Lipinski definition) is 2. The maximum absolute atomic E-state index is 10.7. The van der Waals surface area contributed by atoms with Crippen LogP contribution in [0.3, 0.4) is 0 Å². The normalized spacial score (nSPS) is 18.1. The van der Waals surface area contributed by atoms with Crippen molar-refractivity contribution in [1.82, 2.24) is 4.90 Å². The summed E-state index contributed by atoms with van der Waals surface area (Å²) in [5, 5.41) is 0. The summed E-state index contributed by atoms with van der Waals surface area (Å²) >= 11 is 0. The summed E-state index contributed by atoms with van der Waals surface area (Å²) in [5.74, 6) is 0.700. The van der Waals surface area contributed by atoms with Gasteiger partial charge in [-0.15, -0.1) is 12.4 Å². The highest BCUT2D eigenvalue weighted by molar-refractivity contribution is 5.85. The molecule has 78 valence electrons. The van der Waals surface area contributed by atoms with Crippen LogP contribution in [0.4, 0.5) is 4.79 Å². The van der Waals surface area contributed by atoms with Gasteiger partial charge in [0.1, 0.15) is 0 Å². The second kappa shape index (κ2) is 6.05. The zero-order chi connectivity index (χ0) is 8.97. The molecule has 1 saturated heterocycles. The molecule has 1 rings (SSSR count). The van der Waals surface area contributed by atoms with Gasteiger partial charge in [-0.3, -0.25) is 0 Å². The van der Waals surface area contributed by atoms with Crippen LogP contribution in [0.5, 0.6) is 0 Å². The van der Waals surface area contributed by atoms with Gasteiger partial charge in [-0.2, -0.15) is 0 Å². The Labute approximate surface area is 85.0 Å². The third kappa shape index (κ3) is 3.83. The van der Waals surface area contributed by atoms with Gasteiger partial charge >= 0.3 is 6.03 Å². The van der Waals surface area contributed by atoms with Gasteiger partial charge in [-0.25, -0.2) is 4.79 Å². The second-order valence-corrected chi connectivity index (χ2v) is 3.35. The van der Waals surface area contributed by atoms with Crippen molar-refractivity contribution >= 4 is 18.4 Å². The summed E-state index contributed by atoms with van der Waals surface area (Å²) in [6.07, 6.45) is 3.19. The topological polar surface area (TPSA) is 72.3 Å². The third-order valence-corrected chi connectivity index (χ3v) is 2.50. The summed E-state index contributed by atoms with van der Waals surface area (Å²) in [7, 11) is 0. The molecule has 4 N–H and O–H groups in total. The van der Waals surface area contributed by atoms with Crippen LogP contribution in [0.15, 0.2) is 0 Å². The molecule has 0 radical (unpaired) electrons. The molecule has 13 heavy (non-hydrogen) atoms. The van der Waals surface area contributed by atoms with Gasteiger partial charge in [0.25, 0.3) is 0 Å². The predicted molar refractivity (Wildman–Crippen MR) is 54.8 cm³/mol. The Hall–Kier alpha value is -0.480. The standard InChI is InChI=1S/C8H17N3O.ClH/c9-4-1-7-2-5-11(6-3-7)8(10)12;/h7H,1-6,9H2,(H2,10,12);1H. The van der Waals surface area contributed by atoms with Crippen LogP contribution >= 0.6 is 12.4 Å². The van der Waals surface area contributed by atoms with Crippen molar-refractivity contribution in [2.45, 2.75) is 19.3 Å². The van der Waals surface area contributed by atoms with Crippen molar-refractivity contribution in [2.24, 2.45) is 17.4 Å². The van der Waals surface area contributed by atoms with E-state index in [1.807, 2.05) is 0 Å². The van der Waals surface area contributed by atoms with Crippen LogP contribution in [0.1, 0.15) is 19.3 Å². The molecule has 1 aliphatic rings. The Morgan fingerprint density at radius 1 is 1.38 bits per heavy atom. The van der Waals surface area contributed by atoms with Crippen molar-refractivity contribution in [1.29, 1.82) is 0 Å². The highest BCUT2D eigenvalue weighted by Crippen LogP contribution is 2.19. The fraction of sp³-hybridized carbons (Fsp3) is 0.875. The number of carbonyl (C=O) groups excluding carboxylic acids is 1. The smallest absolute Gasteiger partial charge is 0.314 e. The number of piperidine rings is 1. The number of primary amides is 1. The molecule has 5 heteroatoms. The Morgan fingerprint density at radius 3 is 2.31 bits per heavy atom. The summed E-state index contributed by atoms with van der Waals surface area (Å²) in [5.41, 5.74) is 10.6. The average Bonchev–Trinajstić information content (AvgIpc) is 2.06. The van der Waals surface area contributed by atoms with E-state index in [4.69, 9.17) is 11.5 Å². The SMILES string of the molecule is Cl.NCCC1CCN(C(N)=O)CC1. The molecule has 0 spiro atoms. The van der Waals surface area contributed by atoms with E-state index in [1.165, 1.54) is 0 Å². The van der Waals surface area contributed by atoms with Gasteiger partial charge in [-0.1, -0.05) is 0 Å². The molecule has 1 aliphatic heterocycles. The minimum atomic E-state index is -0.291. The number of hydrogen-bond acceptors (Lipinski definition) is 2. The average molecular weight is 208 g/mol. The maximum Gasteiger partial charge on any atom is 0.314 e. The van der Waals surface area contributed by atoms with E-state index in [0.717, 1.165) is 38.9 Å². The molecule has 0 aromatic carbocycles. The first-order valence-corrected chi connectivity index (χ1v) is 4.48. The van der Waals surface area contributed by atoms with Crippen LogP contribution in [0, 0.1) is 5.92 Å². The predicted octanol–water partition coefficient (Wildman–Crippen LogP) is 0.548. The molecule has 0 aromatic rings. The van der Waals surface area contributed by atoms with Gasteiger partial charge in [0, 0.05) is 13.1 Å². The van der Waals surface area contributed by atoms with Crippen molar-refractivity contribution in [3.63, 3.8) is 0 Å². The lowest BCUT2D eigenvalue weighted by atomic mass is 9.94. The Kier molecular flexibility index (Phi) is 5.82. The summed E-state index contributed by atoms with van der Waals surface area (Å²) < 4.78 is 0. The Bertz CT molecular complexity index is 157. The number of halogens is 1. The first kappa shape index (κ1) is 12.5. The van der Waals surface area contributed by atoms with E-state index in [2.05, 4.69) is 0 Å². The Balaban J connectivity index is 0.00000144. The highest BCUT2D eigenvalue weighted by atomic mass is 35.5. The second-order valence-electron chi connectivity index (χ2n) is 3.35. The zero-order valence-electron chi connectivity index (χ0n) is 7.74. The van der Waals surface area contributed by atoms with Crippen LogP contribution in [-0.4, -0.2) is 30.6 Å². The van der Waals surface area contributed by atoms with Gasteiger partial charge < -0.3 is 16.4 Å². The van der Waals surface area contributed by atoms with Crippen LogP contribution in [-0.2, 0) is 0 Å². The summed E-state index contributed by atoms with van der Waals surface area (Å²) in [4.78, 5) is 12.4. The number of nitrogens with two attached hydrogens (primary N) is 2. The highest BCUT2D eigenvalue weighted by Gasteiger charge is 2.19. The zero-order valence-corrected chi connectivity index (χ0v) is 8.55. The molecule has 0 bridgehead atoms. The van der Waals surface area contributed by atoms with Crippen molar-refractivity contribution in [3.8, 4) is 0 Å². The lowest BCUT2D eigenvalue weighted by Crippen LogP contribution is -2.41. The molecule has 0 aromatic heterocycles. The fourth-order valence-corrected chi connectivity index (χ4v) is 1.68. The van der Waals surface area contributed by atoms with Crippen molar-refractivity contribution < 1.29 is 4.79 Å². The summed E-state index contributed by atoms with van der Waals surface area (Å²) in [6, 6.07) is -0.291. The number of rotatable bonds is 2. The fourth-order valence-electron chi connectivity index (χ4n) is 1.68. The molecular weight excluding hydrogens is 190 g/mol. The van der Waals surface area contributed by atoms with E-state index in [0.29, 0.717) is 5.92 Å². The van der Waals surface area contributed by atoms with Gasteiger partial charge in [0.05, 0.1) is 0 Å². The lowest BCUT2D eigenvalue weighted by Gasteiger charge is -2.30. The van der Waals surface area contributed by atoms with Crippen molar-refractivity contribution in [2.75, 3.05) is 19.6 Å². The quantitative estimate of drug-likeness (QED) is 0.694. The minimum absolute atomic E-state index is 0. The lowest BCUT2D eigenvalue weighted by molar-refractivity contribution is 0.177. The van der Waals surface area contributed by atoms with Gasteiger partial charge in [0.15, 0.2) is 0 Å². The minimum Gasteiger partial charge on any atom is -0.351 e. The molecule has 1 fully saturated rings. The molecule has 0 saturated carbocycles.